The molecule has 2 aliphatic heterocycles. The van der Waals surface area contributed by atoms with Gasteiger partial charge in [-0.25, -0.2) is 4.99 Å². The zero-order valence-corrected chi connectivity index (χ0v) is 22.9. The van der Waals surface area contributed by atoms with E-state index < -0.39 is 5.92 Å². The van der Waals surface area contributed by atoms with Crippen molar-refractivity contribution in [1.29, 1.82) is 0 Å². The van der Waals surface area contributed by atoms with Crippen LogP contribution >= 0.6 is 12.2 Å². The molecule has 2 amide bonds. The fraction of sp³-hybridized carbons (Fsp3) is 0.500. The molecule has 4 rings (SSSR count). The maximum absolute atomic E-state index is 13.2. The number of benzene rings is 1. The summed E-state index contributed by atoms with van der Waals surface area (Å²) in [7, 11) is 3.21. The summed E-state index contributed by atoms with van der Waals surface area (Å²) in [5.74, 6) is 0.964. The van der Waals surface area contributed by atoms with E-state index >= 15 is 0 Å². The van der Waals surface area contributed by atoms with Gasteiger partial charge in [-0.2, -0.15) is 0 Å². The molecule has 0 radical (unpaired) electrons. The Balaban J connectivity index is 1.16. The molecule has 1 aliphatic carbocycles. The third kappa shape index (κ3) is 6.99. The molecule has 1 aromatic carbocycles. The molecule has 10 heteroatoms. The number of unbranched alkanes of at least 4 members (excludes halogenated alkanes) is 2. The van der Waals surface area contributed by atoms with Crippen molar-refractivity contribution in [3.63, 3.8) is 0 Å². The minimum Gasteiger partial charge on any atom is -0.493 e. The van der Waals surface area contributed by atoms with Crippen molar-refractivity contribution in [3.05, 3.63) is 47.7 Å². The number of amides is 2. The third-order valence-electron chi connectivity index (χ3n) is 6.91. The van der Waals surface area contributed by atoms with Gasteiger partial charge in [-0.1, -0.05) is 12.5 Å². The highest BCUT2D eigenvalue weighted by Crippen LogP contribution is 2.28. The molecule has 0 saturated carbocycles. The van der Waals surface area contributed by atoms with Crippen LogP contribution in [-0.2, 0) is 20.7 Å². The maximum atomic E-state index is 13.2. The Bertz CT molecular complexity index is 1130. The van der Waals surface area contributed by atoms with E-state index in [2.05, 4.69) is 15.2 Å². The summed E-state index contributed by atoms with van der Waals surface area (Å²) in [6.07, 6.45) is 9.40. The van der Waals surface area contributed by atoms with Gasteiger partial charge in [0, 0.05) is 38.3 Å². The van der Waals surface area contributed by atoms with E-state index in [9.17, 15) is 9.59 Å². The van der Waals surface area contributed by atoms with E-state index in [1.807, 2.05) is 36.4 Å². The van der Waals surface area contributed by atoms with Crippen LogP contribution in [0.4, 0.5) is 0 Å². The number of carbonyl (C=O) groups is 2. The number of allylic oxidation sites excluding steroid dienone is 2. The lowest BCUT2D eigenvalue weighted by Gasteiger charge is -2.35. The average Bonchev–Trinajstić information content (AvgIpc) is 2.94. The minimum absolute atomic E-state index is 0.0250. The van der Waals surface area contributed by atoms with E-state index in [0.29, 0.717) is 61.5 Å². The van der Waals surface area contributed by atoms with Crippen LogP contribution in [0.5, 0.6) is 11.5 Å². The van der Waals surface area contributed by atoms with Gasteiger partial charge in [0.25, 0.3) is 0 Å². The van der Waals surface area contributed by atoms with Gasteiger partial charge in [0.2, 0.25) is 16.9 Å². The number of thiocarbonyl (C=S) groups is 1. The Labute approximate surface area is 229 Å². The molecule has 0 aromatic heterocycles. The number of nitrogens with zero attached hydrogens (tertiary/aromatic N) is 3. The number of fused-ring (bicyclic) bond motifs is 1. The number of morpholine rings is 1. The number of rotatable bonds is 12. The molecule has 0 bridgehead atoms. The summed E-state index contributed by atoms with van der Waals surface area (Å²) >= 11 is 5.42. The van der Waals surface area contributed by atoms with Crippen molar-refractivity contribution in [2.24, 2.45) is 10.9 Å². The molecule has 3 aliphatic rings. The number of aliphatic imine (C=N–C) groups is 1. The number of nitrogens with one attached hydrogen (secondary N) is 1. The molecular formula is C28H36N4O5S. The lowest BCUT2D eigenvalue weighted by Crippen LogP contribution is -2.47. The monoisotopic (exact) mass is 540 g/mol. The van der Waals surface area contributed by atoms with Crippen LogP contribution in [0.15, 0.2) is 47.1 Å². The molecule has 1 aromatic rings. The first-order valence-corrected chi connectivity index (χ1v) is 13.5. The lowest BCUT2D eigenvalue weighted by molar-refractivity contribution is -0.128. The van der Waals surface area contributed by atoms with Gasteiger partial charge in [-0.15, -0.1) is 0 Å². The van der Waals surface area contributed by atoms with Crippen molar-refractivity contribution < 1.29 is 23.8 Å². The second kappa shape index (κ2) is 13.5. The standard InChI is InChI=1S/C28H36N4O5S/c1-35-24-10-7-20(18-25(24)36-2)11-12-29-26(33)6-4-3-5-13-32-27(34)22-19-21(31-14-16-37-17-15-31)8-9-23(22)30-28(32)38/h7-10,18-19,22H,3-6,11-17H2,1-2H3,(H,29,33). The molecular weight excluding hydrogens is 504 g/mol. The Kier molecular flexibility index (Phi) is 9.89. The fourth-order valence-corrected chi connectivity index (χ4v) is 5.05. The Morgan fingerprint density at radius 2 is 1.92 bits per heavy atom. The second-order valence-electron chi connectivity index (χ2n) is 9.41. The number of carbonyl (C=O) groups excluding carboxylic acids is 2. The Morgan fingerprint density at radius 1 is 1.13 bits per heavy atom. The molecule has 1 fully saturated rings. The van der Waals surface area contributed by atoms with E-state index in [1.54, 1.807) is 19.1 Å². The van der Waals surface area contributed by atoms with Crippen molar-refractivity contribution in [2.75, 3.05) is 53.6 Å². The number of ether oxygens (including phenoxy) is 3. The zero-order chi connectivity index (χ0) is 26.9. The first-order valence-electron chi connectivity index (χ1n) is 13.1. The topological polar surface area (TPSA) is 92.7 Å². The van der Waals surface area contributed by atoms with E-state index in [4.69, 9.17) is 26.4 Å². The quantitative estimate of drug-likeness (QED) is 0.322. The van der Waals surface area contributed by atoms with Gasteiger partial charge < -0.3 is 24.4 Å². The van der Waals surface area contributed by atoms with Gasteiger partial charge in [-0.05, 0) is 67.4 Å². The summed E-state index contributed by atoms with van der Waals surface area (Å²) in [4.78, 5) is 33.9. The van der Waals surface area contributed by atoms with Gasteiger partial charge >= 0.3 is 0 Å². The molecule has 204 valence electrons. The predicted molar refractivity (Wildman–Crippen MR) is 150 cm³/mol. The van der Waals surface area contributed by atoms with E-state index in [0.717, 1.165) is 43.6 Å². The van der Waals surface area contributed by atoms with Crippen LogP contribution < -0.4 is 14.8 Å². The largest absolute Gasteiger partial charge is 0.493 e. The molecule has 38 heavy (non-hydrogen) atoms. The van der Waals surface area contributed by atoms with Crippen molar-refractivity contribution in [3.8, 4) is 11.5 Å². The fourth-order valence-electron chi connectivity index (χ4n) is 4.76. The second-order valence-corrected chi connectivity index (χ2v) is 9.78. The summed E-state index contributed by atoms with van der Waals surface area (Å²) in [5.41, 5.74) is 2.81. The smallest absolute Gasteiger partial charge is 0.241 e. The van der Waals surface area contributed by atoms with Gasteiger partial charge in [0.15, 0.2) is 11.5 Å². The van der Waals surface area contributed by atoms with Crippen molar-refractivity contribution in [1.82, 2.24) is 15.1 Å². The van der Waals surface area contributed by atoms with Crippen LogP contribution in [0.1, 0.15) is 31.2 Å². The number of hydrogen-bond donors (Lipinski definition) is 1. The molecule has 1 atom stereocenters. The summed E-state index contributed by atoms with van der Waals surface area (Å²) in [6.45, 7) is 4.08. The summed E-state index contributed by atoms with van der Waals surface area (Å²) in [5, 5.41) is 3.30. The lowest BCUT2D eigenvalue weighted by atomic mass is 9.93. The van der Waals surface area contributed by atoms with Crippen LogP contribution in [0, 0.1) is 5.92 Å². The highest BCUT2D eigenvalue weighted by molar-refractivity contribution is 7.80. The SMILES string of the molecule is COc1ccc(CCNC(=O)CCCCCN2C(=O)C3C=C(N4CCOCC4)C=CC3=NC2=S)cc1OC. The van der Waals surface area contributed by atoms with Gasteiger partial charge in [0.1, 0.15) is 5.92 Å². The highest BCUT2D eigenvalue weighted by atomic mass is 32.1. The van der Waals surface area contributed by atoms with Crippen LogP contribution in [-0.4, -0.2) is 86.1 Å². The van der Waals surface area contributed by atoms with Crippen LogP contribution in [0.25, 0.3) is 0 Å². The maximum Gasteiger partial charge on any atom is 0.241 e. The normalized spacial score (nSPS) is 19.1. The molecule has 9 nitrogen and oxygen atoms in total. The highest BCUT2D eigenvalue weighted by Gasteiger charge is 2.35. The van der Waals surface area contributed by atoms with Crippen LogP contribution in [0.3, 0.4) is 0 Å². The number of methoxy groups -OCH3 is 2. The summed E-state index contributed by atoms with van der Waals surface area (Å²) < 4.78 is 16.0. The van der Waals surface area contributed by atoms with E-state index in [1.165, 1.54) is 0 Å². The van der Waals surface area contributed by atoms with E-state index in [-0.39, 0.29) is 11.8 Å². The predicted octanol–water partition coefficient (Wildman–Crippen LogP) is 2.89. The van der Waals surface area contributed by atoms with Crippen molar-refractivity contribution >= 4 is 34.9 Å². The first kappa shape index (κ1) is 27.8. The Morgan fingerprint density at radius 3 is 2.68 bits per heavy atom. The molecule has 1 N–H and O–H groups in total. The van der Waals surface area contributed by atoms with Crippen LogP contribution in [0.2, 0.25) is 0 Å². The first-order chi connectivity index (χ1) is 18.5. The van der Waals surface area contributed by atoms with Gasteiger partial charge in [-0.3, -0.25) is 14.5 Å². The molecule has 1 saturated heterocycles. The average molecular weight is 541 g/mol. The van der Waals surface area contributed by atoms with Gasteiger partial charge in [0.05, 0.1) is 33.1 Å². The molecule has 0 spiro atoms. The molecule has 1 unspecified atom stereocenters. The zero-order valence-electron chi connectivity index (χ0n) is 22.1. The minimum atomic E-state index is -0.402. The Hall–Kier alpha value is -3.24. The summed E-state index contributed by atoms with van der Waals surface area (Å²) in [6, 6.07) is 5.76. The van der Waals surface area contributed by atoms with Crippen molar-refractivity contribution in [2.45, 2.75) is 32.1 Å². The number of hydrogen-bond acceptors (Lipinski definition) is 7. The third-order valence-corrected chi connectivity index (χ3v) is 7.23. The molecule has 2 heterocycles.